The minimum Gasteiger partial charge on any atom is -0.469 e. The van der Waals surface area contributed by atoms with Crippen molar-refractivity contribution in [2.24, 2.45) is 0 Å². The Balaban J connectivity index is 2.17. The highest BCUT2D eigenvalue weighted by atomic mass is 32.2. The van der Waals surface area contributed by atoms with Crippen LogP contribution in [0.5, 0.6) is 0 Å². The van der Waals surface area contributed by atoms with E-state index < -0.39 is 10.0 Å². The highest BCUT2D eigenvalue weighted by Crippen LogP contribution is 2.07. The third kappa shape index (κ3) is 6.12. The summed E-state index contributed by atoms with van der Waals surface area (Å²) in [5, 5.41) is 0. The molecule has 0 radical (unpaired) electrons. The Morgan fingerprint density at radius 3 is 2.70 bits per heavy atom. The van der Waals surface area contributed by atoms with Crippen molar-refractivity contribution >= 4 is 16.0 Å². The van der Waals surface area contributed by atoms with Gasteiger partial charge in [0.1, 0.15) is 4.90 Å². The molecule has 7 heteroatoms. The lowest BCUT2D eigenvalue weighted by Gasteiger charge is -2.06. The third-order valence-corrected chi connectivity index (χ3v) is 4.22. The van der Waals surface area contributed by atoms with Gasteiger partial charge in [0.05, 0.1) is 7.11 Å². The van der Waals surface area contributed by atoms with Gasteiger partial charge in [-0.1, -0.05) is 12.8 Å². The largest absolute Gasteiger partial charge is 0.469 e. The molecule has 0 aromatic carbocycles. The van der Waals surface area contributed by atoms with Crippen LogP contribution in [-0.4, -0.2) is 33.0 Å². The molecular formula is C13H20N2O4S. The van der Waals surface area contributed by atoms with Gasteiger partial charge in [0, 0.05) is 25.4 Å². The molecule has 1 N–H and O–H groups in total. The van der Waals surface area contributed by atoms with Gasteiger partial charge in [-0.25, -0.2) is 13.1 Å². The number of ether oxygens (including phenoxy) is 1. The van der Waals surface area contributed by atoms with Crippen LogP contribution in [0, 0.1) is 0 Å². The number of aromatic nitrogens is 1. The molecule has 0 saturated carbocycles. The van der Waals surface area contributed by atoms with Crippen molar-refractivity contribution in [1.29, 1.82) is 0 Å². The van der Waals surface area contributed by atoms with Gasteiger partial charge in [0.25, 0.3) is 0 Å². The molecule has 0 bridgehead atoms. The zero-order valence-corrected chi connectivity index (χ0v) is 12.4. The normalized spacial score (nSPS) is 11.2. The number of pyridine rings is 1. The van der Waals surface area contributed by atoms with E-state index in [0.717, 1.165) is 25.7 Å². The van der Waals surface area contributed by atoms with Gasteiger partial charge in [-0.05, 0) is 25.0 Å². The van der Waals surface area contributed by atoms with Crippen molar-refractivity contribution in [3.63, 3.8) is 0 Å². The van der Waals surface area contributed by atoms with Gasteiger partial charge in [-0.3, -0.25) is 9.78 Å². The Morgan fingerprint density at radius 1 is 1.30 bits per heavy atom. The predicted octanol–water partition coefficient (Wildman–Crippen LogP) is 1.48. The van der Waals surface area contributed by atoms with Crippen molar-refractivity contribution in [3.8, 4) is 0 Å². The molecule has 20 heavy (non-hydrogen) atoms. The molecule has 0 atom stereocenters. The van der Waals surface area contributed by atoms with E-state index in [9.17, 15) is 13.2 Å². The van der Waals surface area contributed by atoms with Crippen molar-refractivity contribution in [2.75, 3.05) is 13.7 Å². The van der Waals surface area contributed by atoms with Crippen LogP contribution in [0.1, 0.15) is 32.1 Å². The summed E-state index contributed by atoms with van der Waals surface area (Å²) in [6, 6.07) is 3.09. The molecule has 0 aliphatic rings. The summed E-state index contributed by atoms with van der Waals surface area (Å²) in [5.41, 5.74) is 0. The van der Waals surface area contributed by atoms with Crippen LogP contribution in [0.2, 0.25) is 0 Å². The number of sulfonamides is 1. The van der Waals surface area contributed by atoms with Gasteiger partial charge < -0.3 is 4.74 Å². The highest BCUT2D eigenvalue weighted by molar-refractivity contribution is 7.89. The maximum atomic E-state index is 11.8. The van der Waals surface area contributed by atoms with Crippen LogP contribution in [0.15, 0.2) is 29.4 Å². The number of nitrogens with zero attached hydrogens (tertiary/aromatic N) is 1. The second kappa shape index (κ2) is 8.65. The Labute approximate surface area is 119 Å². The van der Waals surface area contributed by atoms with Gasteiger partial charge in [-0.2, -0.15) is 0 Å². The maximum Gasteiger partial charge on any atom is 0.305 e. The zero-order valence-electron chi connectivity index (χ0n) is 11.5. The summed E-state index contributed by atoms with van der Waals surface area (Å²) in [6.45, 7) is 0.384. The van der Waals surface area contributed by atoms with Crippen LogP contribution in [-0.2, 0) is 19.6 Å². The smallest absolute Gasteiger partial charge is 0.305 e. The monoisotopic (exact) mass is 300 g/mol. The molecule has 1 aromatic heterocycles. The number of methoxy groups -OCH3 is 1. The fourth-order valence-electron chi connectivity index (χ4n) is 1.65. The Hall–Kier alpha value is -1.47. The molecule has 0 saturated heterocycles. The average molecular weight is 300 g/mol. The Morgan fingerprint density at radius 2 is 2.05 bits per heavy atom. The summed E-state index contributed by atoms with van der Waals surface area (Å²) >= 11 is 0. The number of nitrogens with one attached hydrogen (secondary N) is 1. The SMILES string of the molecule is COC(=O)CCCCCCNS(=O)(=O)c1cccnc1. The number of rotatable bonds is 9. The number of hydrogen-bond acceptors (Lipinski definition) is 5. The van der Waals surface area contributed by atoms with Gasteiger partial charge in [-0.15, -0.1) is 0 Å². The van der Waals surface area contributed by atoms with E-state index in [1.807, 2.05) is 0 Å². The van der Waals surface area contributed by atoms with E-state index in [1.165, 1.54) is 25.6 Å². The fraction of sp³-hybridized carbons (Fsp3) is 0.538. The fourth-order valence-corrected chi connectivity index (χ4v) is 2.68. The molecule has 6 nitrogen and oxygen atoms in total. The average Bonchev–Trinajstić information content (AvgIpc) is 2.46. The Kier molecular flexibility index (Phi) is 7.17. The van der Waals surface area contributed by atoms with E-state index in [1.54, 1.807) is 6.07 Å². The predicted molar refractivity (Wildman–Crippen MR) is 74.5 cm³/mol. The molecule has 1 heterocycles. The summed E-state index contributed by atoms with van der Waals surface area (Å²) in [7, 11) is -2.09. The second-order valence-electron chi connectivity index (χ2n) is 4.33. The van der Waals surface area contributed by atoms with Crippen LogP contribution in [0.4, 0.5) is 0 Å². The lowest BCUT2D eigenvalue weighted by Crippen LogP contribution is -2.24. The number of esters is 1. The summed E-state index contributed by atoms with van der Waals surface area (Å²) < 4.78 is 30.7. The number of carbonyl (C=O) groups is 1. The molecular weight excluding hydrogens is 280 g/mol. The van der Waals surface area contributed by atoms with E-state index >= 15 is 0 Å². The van der Waals surface area contributed by atoms with Crippen LogP contribution >= 0.6 is 0 Å². The van der Waals surface area contributed by atoms with Crippen LogP contribution in [0.3, 0.4) is 0 Å². The Bertz CT molecular complexity index is 502. The van der Waals surface area contributed by atoms with Gasteiger partial charge in [0.2, 0.25) is 10.0 Å². The number of hydrogen-bond donors (Lipinski definition) is 1. The zero-order chi connectivity index (χ0) is 14.8. The van der Waals surface area contributed by atoms with Gasteiger partial charge in [0.15, 0.2) is 0 Å². The molecule has 0 unspecified atom stereocenters. The first-order valence-electron chi connectivity index (χ1n) is 6.53. The summed E-state index contributed by atoms with van der Waals surface area (Å²) in [5.74, 6) is -0.206. The van der Waals surface area contributed by atoms with E-state index in [4.69, 9.17) is 0 Å². The van der Waals surface area contributed by atoms with Gasteiger partial charge >= 0.3 is 5.97 Å². The summed E-state index contributed by atoms with van der Waals surface area (Å²) in [4.78, 5) is 14.8. The van der Waals surface area contributed by atoms with Crippen molar-refractivity contribution in [2.45, 2.75) is 37.0 Å². The molecule has 112 valence electrons. The number of unbranched alkanes of at least 4 members (excludes halogenated alkanes) is 3. The maximum absolute atomic E-state index is 11.8. The van der Waals surface area contributed by atoms with Crippen LogP contribution in [0.25, 0.3) is 0 Å². The van der Waals surface area contributed by atoms with E-state index in [0.29, 0.717) is 13.0 Å². The first-order valence-corrected chi connectivity index (χ1v) is 8.01. The molecule has 1 aromatic rings. The molecule has 0 amide bonds. The molecule has 1 rings (SSSR count). The third-order valence-electron chi connectivity index (χ3n) is 2.77. The van der Waals surface area contributed by atoms with E-state index in [-0.39, 0.29) is 10.9 Å². The highest BCUT2D eigenvalue weighted by Gasteiger charge is 2.12. The van der Waals surface area contributed by atoms with E-state index in [2.05, 4.69) is 14.4 Å². The van der Waals surface area contributed by atoms with Crippen molar-refractivity contribution in [1.82, 2.24) is 9.71 Å². The summed E-state index contributed by atoms with van der Waals surface area (Å²) in [6.07, 6.45) is 6.51. The minimum absolute atomic E-state index is 0.172. The van der Waals surface area contributed by atoms with Crippen LogP contribution < -0.4 is 4.72 Å². The lowest BCUT2D eigenvalue weighted by atomic mass is 10.1. The van der Waals surface area contributed by atoms with Crippen molar-refractivity contribution in [3.05, 3.63) is 24.5 Å². The topological polar surface area (TPSA) is 85.4 Å². The quantitative estimate of drug-likeness (QED) is 0.551. The molecule has 0 spiro atoms. The number of carbonyl (C=O) groups excluding carboxylic acids is 1. The lowest BCUT2D eigenvalue weighted by molar-refractivity contribution is -0.140. The van der Waals surface area contributed by atoms with Crippen molar-refractivity contribution < 1.29 is 17.9 Å². The molecule has 0 aliphatic heterocycles. The molecule has 0 aliphatic carbocycles. The molecule has 0 fully saturated rings. The first-order chi connectivity index (χ1) is 9.56. The standard InChI is InChI=1S/C13H20N2O4S/c1-19-13(16)8-4-2-3-5-10-15-20(17,18)12-7-6-9-14-11-12/h6-7,9,11,15H,2-5,8,10H2,1H3. The minimum atomic E-state index is -3.46. The first kappa shape index (κ1) is 16.6. The second-order valence-corrected chi connectivity index (χ2v) is 6.09.